The Morgan fingerprint density at radius 3 is 2.73 bits per heavy atom. The normalized spacial score (nSPS) is 12.4. The van der Waals surface area contributed by atoms with Crippen molar-refractivity contribution in [3.05, 3.63) is 52.6 Å². The molecular weight excluding hydrogens is 424 g/mol. The van der Waals surface area contributed by atoms with Crippen molar-refractivity contribution in [2.24, 2.45) is 0 Å². The molecule has 1 aromatic carbocycles. The largest absolute Gasteiger partial charge is 0.445 e. The summed E-state index contributed by atoms with van der Waals surface area (Å²) in [7, 11) is -3.86. The standard InChI is InChI=1S/C16H19BrN4O4S/c1-11(21-16(22)25-10-12-5-3-2-4-6-12)8-20-26(23,24)14-7-13(17)9-19-15(14)18/h2-7,9,11,20H,8,10H2,1H3,(H2,18,19)(H,21,22). The molecule has 1 aromatic heterocycles. The van der Waals surface area contributed by atoms with Gasteiger partial charge >= 0.3 is 6.09 Å². The van der Waals surface area contributed by atoms with Gasteiger partial charge in [-0.25, -0.2) is 22.9 Å². The average Bonchev–Trinajstić information content (AvgIpc) is 2.61. The average molecular weight is 443 g/mol. The first kappa shape index (κ1) is 20.1. The van der Waals surface area contributed by atoms with Gasteiger partial charge < -0.3 is 15.8 Å². The van der Waals surface area contributed by atoms with Crippen LogP contribution in [0.5, 0.6) is 0 Å². The van der Waals surface area contributed by atoms with Crippen molar-refractivity contribution in [3.63, 3.8) is 0 Å². The number of hydrogen-bond donors (Lipinski definition) is 3. The van der Waals surface area contributed by atoms with E-state index in [0.29, 0.717) is 4.47 Å². The monoisotopic (exact) mass is 442 g/mol. The van der Waals surface area contributed by atoms with Gasteiger partial charge in [-0.05, 0) is 34.5 Å². The lowest BCUT2D eigenvalue weighted by Gasteiger charge is -2.15. The third kappa shape index (κ3) is 5.97. The minimum absolute atomic E-state index is 0.0330. The van der Waals surface area contributed by atoms with Crippen molar-refractivity contribution in [2.45, 2.75) is 24.5 Å². The predicted molar refractivity (Wildman–Crippen MR) is 101 cm³/mol. The van der Waals surface area contributed by atoms with E-state index in [2.05, 4.69) is 31.0 Å². The minimum Gasteiger partial charge on any atom is -0.445 e. The second-order valence-corrected chi connectivity index (χ2v) is 8.15. The summed E-state index contributed by atoms with van der Waals surface area (Å²) in [6.45, 7) is 1.74. The molecule has 0 spiro atoms. The molecule has 26 heavy (non-hydrogen) atoms. The molecule has 140 valence electrons. The van der Waals surface area contributed by atoms with Crippen LogP contribution in [0.3, 0.4) is 0 Å². The van der Waals surface area contributed by atoms with Crippen LogP contribution in [0, 0.1) is 0 Å². The maximum absolute atomic E-state index is 12.3. The number of halogens is 1. The number of nitrogens with two attached hydrogens (primary N) is 1. The Labute approximate surface area is 160 Å². The van der Waals surface area contributed by atoms with E-state index < -0.39 is 22.2 Å². The van der Waals surface area contributed by atoms with Crippen molar-refractivity contribution >= 4 is 37.9 Å². The summed E-state index contributed by atoms with van der Waals surface area (Å²) in [6, 6.07) is 10.1. The quantitative estimate of drug-likeness (QED) is 0.602. The van der Waals surface area contributed by atoms with E-state index in [9.17, 15) is 13.2 Å². The van der Waals surface area contributed by atoms with Gasteiger partial charge in [0.15, 0.2) is 0 Å². The van der Waals surface area contributed by atoms with Gasteiger partial charge in [0, 0.05) is 23.3 Å². The first-order chi connectivity index (χ1) is 12.3. The maximum atomic E-state index is 12.3. The number of benzene rings is 1. The summed E-state index contributed by atoms with van der Waals surface area (Å²) in [5.74, 6) is -0.108. The van der Waals surface area contributed by atoms with Crippen LogP contribution in [0.1, 0.15) is 12.5 Å². The number of nitrogens with one attached hydrogen (secondary N) is 2. The molecular formula is C16H19BrN4O4S. The van der Waals surface area contributed by atoms with Crippen molar-refractivity contribution in [3.8, 4) is 0 Å². The number of rotatable bonds is 7. The lowest BCUT2D eigenvalue weighted by Crippen LogP contribution is -2.42. The number of ether oxygens (including phenoxy) is 1. The van der Waals surface area contributed by atoms with Crippen LogP contribution in [0.4, 0.5) is 10.6 Å². The topological polar surface area (TPSA) is 123 Å². The zero-order valence-corrected chi connectivity index (χ0v) is 16.4. The van der Waals surface area contributed by atoms with Gasteiger partial charge in [0.05, 0.1) is 0 Å². The molecule has 8 nitrogen and oxygen atoms in total. The second kappa shape index (κ2) is 8.97. The fourth-order valence-electron chi connectivity index (χ4n) is 1.98. The van der Waals surface area contributed by atoms with Crippen LogP contribution in [0.25, 0.3) is 0 Å². The summed E-state index contributed by atoms with van der Waals surface area (Å²) in [5, 5.41) is 2.56. The Balaban J connectivity index is 1.84. The fourth-order valence-corrected chi connectivity index (χ4v) is 3.69. The van der Waals surface area contributed by atoms with Gasteiger partial charge in [-0.3, -0.25) is 0 Å². The summed E-state index contributed by atoms with van der Waals surface area (Å²) in [4.78, 5) is 15.4. The van der Waals surface area contributed by atoms with E-state index in [4.69, 9.17) is 10.5 Å². The number of anilines is 1. The molecule has 0 bridgehead atoms. The molecule has 1 unspecified atom stereocenters. The summed E-state index contributed by atoms with van der Waals surface area (Å²) < 4.78 is 32.6. The van der Waals surface area contributed by atoms with Gasteiger partial charge in [-0.2, -0.15) is 0 Å². The van der Waals surface area contributed by atoms with E-state index in [1.807, 2.05) is 30.3 Å². The van der Waals surface area contributed by atoms with Crippen LogP contribution < -0.4 is 15.8 Å². The number of carbonyl (C=O) groups excluding carboxylic acids is 1. The number of pyridine rings is 1. The molecule has 0 aliphatic carbocycles. The first-order valence-corrected chi connectivity index (χ1v) is 9.93. The van der Waals surface area contributed by atoms with Crippen molar-refractivity contribution in [1.29, 1.82) is 0 Å². The summed E-state index contributed by atoms with van der Waals surface area (Å²) in [6.07, 6.45) is 0.769. The Kier molecular flexibility index (Phi) is 6.95. The molecule has 0 fully saturated rings. The maximum Gasteiger partial charge on any atom is 0.407 e. The van der Waals surface area contributed by atoms with Crippen LogP contribution in [-0.4, -0.2) is 32.1 Å². The third-order valence-corrected chi connectivity index (χ3v) is 5.18. The number of nitrogen functional groups attached to an aromatic ring is 1. The highest BCUT2D eigenvalue weighted by Crippen LogP contribution is 2.20. The van der Waals surface area contributed by atoms with Gasteiger partial charge in [0.2, 0.25) is 10.0 Å². The molecule has 4 N–H and O–H groups in total. The van der Waals surface area contributed by atoms with E-state index >= 15 is 0 Å². The van der Waals surface area contributed by atoms with Gasteiger partial charge in [-0.15, -0.1) is 0 Å². The predicted octanol–water partition coefficient (Wildman–Crippen LogP) is 2.02. The number of sulfonamides is 1. The second-order valence-electron chi connectivity index (χ2n) is 5.50. The van der Waals surface area contributed by atoms with Crippen LogP contribution >= 0.6 is 15.9 Å². The van der Waals surface area contributed by atoms with Gasteiger partial charge in [-0.1, -0.05) is 30.3 Å². The molecule has 1 atom stereocenters. The zero-order chi connectivity index (χ0) is 19.2. The Bertz CT molecular complexity index is 862. The molecule has 10 heteroatoms. The molecule has 1 amide bonds. The number of hydrogen-bond acceptors (Lipinski definition) is 6. The molecule has 0 aliphatic rings. The molecule has 0 saturated heterocycles. The van der Waals surface area contributed by atoms with Crippen molar-refractivity contribution < 1.29 is 17.9 Å². The molecule has 0 saturated carbocycles. The summed E-state index contributed by atoms with van der Waals surface area (Å²) in [5.41, 5.74) is 6.47. The molecule has 1 heterocycles. The lowest BCUT2D eigenvalue weighted by molar-refractivity contribution is 0.136. The first-order valence-electron chi connectivity index (χ1n) is 7.66. The highest BCUT2D eigenvalue weighted by Gasteiger charge is 2.20. The van der Waals surface area contributed by atoms with Crippen LogP contribution in [-0.2, 0) is 21.4 Å². The Morgan fingerprint density at radius 1 is 1.35 bits per heavy atom. The van der Waals surface area contributed by atoms with E-state index in [-0.39, 0.29) is 23.9 Å². The Morgan fingerprint density at radius 2 is 2.04 bits per heavy atom. The number of amides is 1. The minimum atomic E-state index is -3.86. The highest BCUT2D eigenvalue weighted by atomic mass is 79.9. The van der Waals surface area contributed by atoms with E-state index in [1.165, 1.54) is 12.3 Å². The number of carbonyl (C=O) groups is 1. The molecule has 0 aliphatic heterocycles. The summed E-state index contributed by atoms with van der Waals surface area (Å²) >= 11 is 3.15. The van der Waals surface area contributed by atoms with Crippen molar-refractivity contribution in [2.75, 3.05) is 12.3 Å². The zero-order valence-electron chi connectivity index (χ0n) is 14.0. The van der Waals surface area contributed by atoms with E-state index in [0.717, 1.165) is 5.56 Å². The smallest absolute Gasteiger partial charge is 0.407 e. The lowest BCUT2D eigenvalue weighted by atomic mass is 10.2. The SMILES string of the molecule is CC(CNS(=O)(=O)c1cc(Br)cnc1N)NC(=O)OCc1ccccc1. The molecule has 0 radical (unpaired) electrons. The fraction of sp³-hybridized carbons (Fsp3) is 0.250. The molecule has 2 aromatic rings. The number of alkyl carbamates (subject to hydrolysis) is 1. The third-order valence-electron chi connectivity index (χ3n) is 3.29. The number of nitrogens with zero attached hydrogens (tertiary/aromatic N) is 1. The highest BCUT2D eigenvalue weighted by molar-refractivity contribution is 9.10. The van der Waals surface area contributed by atoms with Crippen LogP contribution in [0.2, 0.25) is 0 Å². The molecule has 2 rings (SSSR count). The van der Waals surface area contributed by atoms with Gasteiger partial charge in [0.1, 0.15) is 17.3 Å². The van der Waals surface area contributed by atoms with Gasteiger partial charge in [0.25, 0.3) is 0 Å². The van der Waals surface area contributed by atoms with Crippen LogP contribution in [0.15, 0.2) is 52.0 Å². The van der Waals surface area contributed by atoms with Crippen molar-refractivity contribution in [1.82, 2.24) is 15.0 Å². The number of aromatic nitrogens is 1. The van der Waals surface area contributed by atoms with E-state index in [1.54, 1.807) is 6.92 Å². The Hall–Kier alpha value is -2.17.